The zero-order valence-electron chi connectivity index (χ0n) is 8.98. The second-order valence-corrected chi connectivity index (χ2v) is 4.90. The van der Waals surface area contributed by atoms with Gasteiger partial charge in [0.05, 0.1) is 20.7 Å². The van der Waals surface area contributed by atoms with Gasteiger partial charge < -0.3 is 0 Å². The Bertz CT molecular complexity index is 643. The number of aromatic nitrogens is 4. The van der Waals surface area contributed by atoms with Gasteiger partial charge in [-0.1, -0.05) is 11.6 Å². The highest BCUT2D eigenvalue weighted by atomic mass is 35.5. The smallest absolute Gasteiger partial charge is 0.258 e. The van der Waals surface area contributed by atoms with Crippen LogP contribution in [0.25, 0.3) is 5.82 Å². The normalized spacial score (nSPS) is 12.3. The molecule has 0 N–H and O–H groups in total. The number of nitrogens with zero attached hydrogens (tertiary/aromatic N) is 5. The highest BCUT2D eigenvalue weighted by Crippen LogP contribution is 2.25. The van der Waals surface area contributed by atoms with Crippen molar-refractivity contribution in [1.82, 2.24) is 19.7 Å². The zero-order chi connectivity index (χ0) is 13.3. The van der Waals surface area contributed by atoms with Crippen LogP contribution in [0.15, 0.2) is 23.7 Å². The fourth-order valence-electron chi connectivity index (χ4n) is 1.31. The molecular formula is C8H6ClN5O3S. The molecule has 0 bridgehead atoms. The first-order valence-corrected chi connectivity index (χ1v) is 6.48. The first-order chi connectivity index (χ1) is 8.50. The van der Waals surface area contributed by atoms with Crippen LogP contribution < -0.4 is 0 Å². The lowest BCUT2D eigenvalue weighted by Crippen LogP contribution is -2.06. The predicted molar refractivity (Wildman–Crippen MR) is 63.2 cm³/mol. The molecule has 0 amide bonds. The summed E-state index contributed by atoms with van der Waals surface area (Å²) in [4.78, 5) is 14.2. The molecule has 0 saturated heterocycles. The summed E-state index contributed by atoms with van der Waals surface area (Å²) in [6, 6.07) is 1.16. The lowest BCUT2D eigenvalue weighted by Gasteiger charge is -2.04. The van der Waals surface area contributed by atoms with Crippen LogP contribution in [-0.2, 0) is 10.8 Å². The van der Waals surface area contributed by atoms with Crippen molar-refractivity contribution in [3.05, 3.63) is 33.7 Å². The molecule has 0 aliphatic heterocycles. The van der Waals surface area contributed by atoms with E-state index in [0.717, 1.165) is 6.07 Å². The molecule has 18 heavy (non-hydrogen) atoms. The minimum atomic E-state index is -1.44. The van der Waals surface area contributed by atoms with Gasteiger partial charge in [-0.25, -0.2) is 4.98 Å². The van der Waals surface area contributed by atoms with Gasteiger partial charge in [-0.05, 0) is 0 Å². The fraction of sp³-hybridized carbons (Fsp3) is 0.125. The van der Waals surface area contributed by atoms with E-state index in [-0.39, 0.29) is 21.7 Å². The summed E-state index contributed by atoms with van der Waals surface area (Å²) in [5, 5.41) is 18.3. The Hall–Kier alpha value is -1.87. The van der Waals surface area contributed by atoms with Gasteiger partial charge in [0.2, 0.25) is 11.0 Å². The molecule has 2 rings (SSSR count). The average Bonchev–Trinajstić information content (AvgIpc) is 2.77. The quantitative estimate of drug-likeness (QED) is 0.615. The summed E-state index contributed by atoms with van der Waals surface area (Å²) in [6.45, 7) is 0. The van der Waals surface area contributed by atoms with E-state index < -0.39 is 15.7 Å². The molecule has 0 spiro atoms. The monoisotopic (exact) mass is 287 g/mol. The maximum atomic E-state index is 11.4. The number of pyridine rings is 1. The fourth-order valence-corrected chi connectivity index (χ4v) is 2.03. The number of hydrogen-bond acceptors (Lipinski definition) is 6. The van der Waals surface area contributed by atoms with E-state index in [9.17, 15) is 14.3 Å². The Labute approximate surface area is 108 Å². The highest BCUT2D eigenvalue weighted by molar-refractivity contribution is 7.84. The first kappa shape index (κ1) is 12.6. The predicted octanol–water partition coefficient (Wildman–Crippen LogP) is 0.961. The summed E-state index contributed by atoms with van der Waals surface area (Å²) in [5.74, 6) is -0.0281. The van der Waals surface area contributed by atoms with Crippen LogP contribution in [0, 0.1) is 10.1 Å². The number of nitro groups is 1. The van der Waals surface area contributed by atoms with Gasteiger partial charge >= 0.3 is 5.69 Å². The summed E-state index contributed by atoms with van der Waals surface area (Å²) in [5.41, 5.74) is -0.311. The number of hydrogen-bond donors (Lipinski definition) is 0. The van der Waals surface area contributed by atoms with Crippen molar-refractivity contribution in [2.45, 2.75) is 5.16 Å². The molecular weight excluding hydrogens is 282 g/mol. The van der Waals surface area contributed by atoms with Crippen LogP contribution in [0.4, 0.5) is 5.69 Å². The zero-order valence-corrected chi connectivity index (χ0v) is 10.6. The average molecular weight is 288 g/mol. The lowest BCUT2D eigenvalue weighted by molar-refractivity contribution is -0.384. The Kier molecular flexibility index (Phi) is 3.34. The molecule has 0 aliphatic rings. The molecule has 2 aromatic rings. The Morgan fingerprint density at radius 3 is 2.89 bits per heavy atom. The van der Waals surface area contributed by atoms with Crippen molar-refractivity contribution >= 4 is 28.1 Å². The van der Waals surface area contributed by atoms with E-state index >= 15 is 0 Å². The van der Waals surface area contributed by atoms with Crippen LogP contribution in [-0.4, -0.2) is 35.1 Å². The third kappa shape index (κ3) is 2.22. The molecule has 0 fully saturated rings. The van der Waals surface area contributed by atoms with Gasteiger partial charge in [-0.2, -0.15) is 0 Å². The summed E-state index contributed by atoms with van der Waals surface area (Å²) in [6.07, 6.45) is 3.86. The minimum Gasteiger partial charge on any atom is -0.258 e. The molecule has 0 unspecified atom stereocenters. The molecule has 2 aromatic heterocycles. The standard InChI is InChI=1S/C8H6ClN5O3S/c1-18(17)8-12-11-4-13(8)7-6(14(15)16)2-5(9)3-10-7/h2-4H,1H3/t18-/m1/s1. The van der Waals surface area contributed by atoms with E-state index in [1.54, 1.807) is 0 Å². The van der Waals surface area contributed by atoms with E-state index in [1.807, 2.05) is 0 Å². The molecule has 0 aliphatic carbocycles. The van der Waals surface area contributed by atoms with Crippen molar-refractivity contribution < 1.29 is 9.13 Å². The van der Waals surface area contributed by atoms with Crippen molar-refractivity contribution in [1.29, 1.82) is 0 Å². The van der Waals surface area contributed by atoms with Crippen LogP contribution in [0.1, 0.15) is 0 Å². The van der Waals surface area contributed by atoms with Gasteiger partial charge in [0, 0.05) is 18.5 Å². The second-order valence-electron chi connectivity index (χ2n) is 3.19. The van der Waals surface area contributed by atoms with Gasteiger partial charge in [0.15, 0.2) is 0 Å². The highest BCUT2D eigenvalue weighted by Gasteiger charge is 2.21. The first-order valence-electron chi connectivity index (χ1n) is 4.54. The lowest BCUT2D eigenvalue weighted by atomic mass is 10.4. The van der Waals surface area contributed by atoms with E-state index in [4.69, 9.17) is 11.6 Å². The molecule has 94 valence electrons. The number of halogens is 1. The molecule has 1 atom stereocenters. The van der Waals surface area contributed by atoms with Gasteiger partial charge in [-0.3, -0.25) is 18.9 Å². The third-order valence-corrected chi connectivity index (χ3v) is 3.01. The van der Waals surface area contributed by atoms with Crippen LogP contribution in [0.5, 0.6) is 0 Å². The number of rotatable bonds is 3. The molecule has 0 saturated carbocycles. The Balaban J connectivity index is 2.67. The third-order valence-electron chi connectivity index (χ3n) is 2.01. The van der Waals surface area contributed by atoms with Gasteiger partial charge in [0.25, 0.3) is 0 Å². The SMILES string of the molecule is C[S@@](=O)c1nncn1-c1ncc(Cl)cc1[N+](=O)[O-]. The van der Waals surface area contributed by atoms with Crippen LogP contribution >= 0.6 is 11.6 Å². The van der Waals surface area contributed by atoms with E-state index in [2.05, 4.69) is 15.2 Å². The molecule has 2 heterocycles. The molecule has 0 radical (unpaired) electrons. The topological polar surface area (TPSA) is 104 Å². The van der Waals surface area contributed by atoms with Crippen LogP contribution in [0.3, 0.4) is 0 Å². The van der Waals surface area contributed by atoms with Crippen LogP contribution in [0.2, 0.25) is 5.02 Å². The molecule has 8 nitrogen and oxygen atoms in total. The summed E-state index contributed by atoms with van der Waals surface area (Å²) < 4.78 is 12.6. The molecule has 10 heteroatoms. The second kappa shape index (κ2) is 4.78. The largest absolute Gasteiger partial charge is 0.313 e. The Morgan fingerprint density at radius 2 is 2.28 bits per heavy atom. The van der Waals surface area contributed by atoms with Gasteiger partial charge in [-0.15, -0.1) is 10.2 Å². The van der Waals surface area contributed by atoms with Crippen molar-refractivity contribution in [3.63, 3.8) is 0 Å². The maximum absolute atomic E-state index is 11.4. The van der Waals surface area contributed by atoms with E-state index in [1.165, 1.54) is 23.3 Å². The van der Waals surface area contributed by atoms with Gasteiger partial charge in [0.1, 0.15) is 6.33 Å². The maximum Gasteiger partial charge on any atom is 0.313 e. The molecule has 0 aromatic carbocycles. The van der Waals surface area contributed by atoms with E-state index in [0.29, 0.717) is 0 Å². The Morgan fingerprint density at radius 1 is 1.56 bits per heavy atom. The summed E-state index contributed by atoms with van der Waals surface area (Å²) in [7, 11) is -1.44. The minimum absolute atomic E-state index is 0.0281. The van der Waals surface area contributed by atoms with Crippen molar-refractivity contribution in [2.24, 2.45) is 0 Å². The summed E-state index contributed by atoms with van der Waals surface area (Å²) >= 11 is 5.66. The van der Waals surface area contributed by atoms with Crippen molar-refractivity contribution in [2.75, 3.05) is 6.26 Å². The van der Waals surface area contributed by atoms with Crippen molar-refractivity contribution in [3.8, 4) is 5.82 Å².